The van der Waals surface area contributed by atoms with Crippen LogP contribution in [0.5, 0.6) is 11.5 Å². The Hall–Kier alpha value is -3.83. The van der Waals surface area contributed by atoms with Crippen molar-refractivity contribution in [3.63, 3.8) is 0 Å². The molecule has 1 N–H and O–H groups in total. The van der Waals surface area contributed by atoms with Crippen LogP contribution in [0.25, 0.3) is 10.8 Å². The van der Waals surface area contributed by atoms with Crippen LogP contribution < -0.4 is 20.3 Å². The van der Waals surface area contributed by atoms with Gasteiger partial charge in [0.15, 0.2) is 17.3 Å². The number of ether oxygens (including phenoxy) is 2. The van der Waals surface area contributed by atoms with E-state index in [1.54, 1.807) is 0 Å². The van der Waals surface area contributed by atoms with Crippen molar-refractivity contribution in [3.8, 4) is 11.5 Å². The Morgan fingerprint density at radius 1 is 1.09 bits per heavy atom. The molecule has 2 aromatic carbocycles. The van der Waals surface area contributed by atoms with Gasteiger partial charge in [0.1, 0.15) is 0 Å². The number of fused-ring (bicyclic) bond motifs is 1. The normalized spacial score (nSPS) is 12.5. The lowest BCUT2D eigenvalue weighted by molar-refractivity contribution is -0.385. The van der Waals surface area contributed by atoms with Crippen molar-refractivity contribution < 1.29 is 27.6 Å². The van der Waals surface area contributed by atoms with E-state index in [4.69, 9.17) is 9.47 Å². The molecule has 1 atom stereocenters. The molecule has 170 valence electrons. The number of methoxy groups -OCH3 is 2. The molecule has 32 heavy (non-hydrogen) atoms. The first-order valence-electron chi connectivity index (χ1n) is 9.22. The molecule has 3 aromatic rings. The van der Waals surface area contributed by atoms with Crippen molar-refractivity contribution in [1.29, 1.82) is 0 Å². The Labute approximate surface area is 179 Å². The molecule has 0 aliphatic rings. The number of nitrogens with one attached hydrogen (secondary N) is 1. The Morgan fingerprint density at radius 2 is 1.69 bits per heavy atom. The summed E-state index contributed by atoms with van der Waals surface area (Å²) in [6.45, 7) is 1.53. The van der Waals surface area contributed by atoms with Gasteiger partial charge in [0, 0.05) is 24.6 Å². The molecule has 1 aromatic heterocycles. The molecule has 0 spiro atoms. The Balaban J connectivity index is 2.14. The molecule has 0 saturated carbocycles. The van der Waals surface area contributed by atoms with Gasteiger partial charge in [-0.1, -0.05) is 0 Å². The Kier molecular flexibility index (Phi) is 5.97. The second kappa shape index (κ2) is 8.36. The van der Waals surface area contributed by atoms with E-state index in [1.165, 1.54) is 40.3 Å². The number of rotatable bonds is 6. The largest absolute Gasteiger partial charge is 0.493 e. The third-order valence-electron chi connectivity index (χ3n) is 4.88. The molecule has 0 bridgehead atoms. The molecule has 3 rings (SSSR count). The lowest BCUT2D eigenvalue weighted by Crippen LogP contribution is -2.22. The average Bonchev–Trinajstić information content (AvgIpc) is 2.75. The number of anilines is 1. The maximum Gasteiger partial charge on any atom is 0.416 e. The number of nitrogens with zero attached hydrogens (tertiary/aromatic N) is 3. The average molecular weight is 452 g/mol. The monoisotopic (exact) mass is 452 g/mol. The molecule has 0 aliphatic carbocycles. The summed E-state index contributed by atoms with van der Waals surface area (Å²) in [5, 5.41) is 18.8. The summed E-state index contributed by atoms with van der Waals surface area (Å²) in [5.41, 5.74) is -2.22. The van der Waals surface area contributed by atoms with E-state index in [0.29, 0.717) is 23.0 Å². The lowest BCUT2D eigenvalue weighted by atomic mass is 10.0. The highest BCUT2D eigenvalue weighted by molar-refractivity contribution is 5.93. The van der Waals surface area contributed by atoms with Crippen molar-refractivity contribution >= 4 is 22.3 Å². The van der Waals surface area contributed by atoms with Gasteiger partial charge in [0.2, 0.25) is 0 Å². The Bertz CT molecular complexity index is 1260. The first-order valence-corrected chi connectivity index (χ1v) is 9.22. The van der Waals surface area contributed by atoms with Crippen molar-refractivity contribution in [2.24, 2.45) is 7.05 Å². The fourth-order valence-corrected chi connectivity index (χ4v) is 3.22. The van der Waals surface area contributed by atoms with Gasteiger partial charge in [-0.3, -0.25) is 14.9 Å². The minimum Gasteiger partial charge on any atom is -0.493 e. The molecule has 0 aliphatic heterocycles. The minimum atomic E-state index is -4.76. The number of halogens is 3. The third-order valence-corrected chi connectivity index (χ3v) is 4.88. The van der Waals surface area contributed by atoms with E-state index in [2.05, 4.69) is 10.4 Å². The quantitative estimate of drug-likeness (QED) is 0.444. The predicted octanol–water partition coefficient (Wildman–Crippen LogP) is 4.05. The summed E-state index contributed by atoms with van der Waals surface area (Å²) in [6.07, 6.45) is -4.76. The van der Waals surface area contributed by atoms with Gasteiger partial charge in [0.25, 0.3) is 11.2 Å². The number of nitro benzene ring substituents is 1. The van der Waals surface area contributed by atoms with Crippen LogP contribution in [0.1, 0.15) is 24.1 Å². The SMILES string of the molecule is COc1cc2c(NC(C)c3cc([N+](=O)[O-])cc(C(F)(F)F)c3)nn(C)c(=O)c2cc1OC. The predicted molar refractivity (Wildman–Crippen MR) is 110 cm³/mol. The van der Waals surface area contributed by atoms with Crippen molar-refractivity contribution in [3.05, 3.63) is 61.9 Å². The molecule has 1 heterocycles. The van der Waals surface area contributed by atoms with Crippen LogP contribution in [0.15, 0.2) is 35.1 Å². The second-order valence-corrected chi connectivity index (χ2v) is 6.96. The van der Waals surface area contributed by atoms with E-state index in [-0.39, 0.29) is 16.8 Å². The van der Waals surface area contributed by atoms with Crippen LogP contribution in [-0.2, 0) is 13.2 Å². The van der Waals surface area contributed by atoms with Gasteiger partial charge in [-0.15, -0.1) is 0 Å². The van der Waals surface area contributed by atoms with Crippen LogP contribution in [0.4, 0.5) is 24.7 Å². The highest BCUT2D eigenvalue weighted by Crippen LogP contribution is 2.36. The van der Waals surface area contributed by atoms with Crippen LogP contribution in [0.3, 0.4) is 0 Å². The summed E-state index contributed by atoms with van der Waals surface area (Å²) in [6, 6.07) is 4.54. The first-order chi connectivity index (χ1) is 15.0. The van der Waals surface area contributed by atoms with E-state index in [0.717, 1.165) is 16.8 Å². The topological polar surface area (TPSA) is 109 Å². The number of aromatic nitrogens is 2. The lowest BCUT2D eigenvalue weighted by Gasteiger charge is -2.19. The van der Waals surface area contributed by atoms with E-state index >= 15 is 0 Å². The third kappa shape index (κ3) is 4.29. The van der Waals surface area contributed by atoms with Crippen molar-refractivity contribution in [2.45, 2.75) is 19.1 Å². The van der Waals surface area contributed by atoms with Gasteiger partial charge in [-0.25, -0.2) is 4.68 Å². The van der Waals surface area contributed by atoms with Gasteiger partial charge >= 0.3 is 6.18 Å². The molecule has 0 radical (unpaired) electrons. The second-order valence-electron chi connectivity index (χ2n) is 6.96. The smallest absolute Gasteiger partial charge is 0.416 e. The number of benzene rings is 2. The summed E-state index contributed by atoms with van der Waals surface area (Å²) in [7, 11) is 4.25. The van der Waals surface area contributed by atoms with Crippen LogP contribution in [0.2, 0.25) is 0 Å². The molecule has 0 amide bonds. The molecule has 0 fully saturated rings. The fraction of sp³-hybridized carbons (Fsp3) is 0.300. The van der Waals surface area contributed by atoms with Gasteiger partial charge in [0.05, 0.1) is 36.1 Å². The summed E-state index contributed by atoms with van der Waals surface area (Å²) < 4.78 is 51.3. The number of aryl methyl sites for hydroxylation is 1. The summed E-state index contributed by atoms with van der Waals surface area (Å²) in [5.74, 6) is 0.812. The molecule has 9 nitrogen and oxygen atoms in total. The molecule has 12 heteroatoms. The van der Waals surface area contributed by atoms with Gasteiger partial charge in [-0.05, 0) is 30.7 Å². The standard InChI is InChI=1S/C20H19F3N4O5/c1-10(11-5-12(20(21,22)23)7-13(6-11)27(29)30)24-18-14-8-16(31-3)17(32-4)9-15(14)19(28)26(2)25-18/h5-10H,1-4H3,(H,24,25). The van der Waals surface area contributed by atoms with E-state index in [9.17, 15) is 28.1 Å². The van der Waals surface area contributed by atoms with Crippen molar-refractivity contribution in [1.82, 2.24) is 9.78 Å². The first kappa shape index (κ1) is 22.8. The highest BCUT2D eigenvalue weighted by atomic mass is 19.4. The zero-order valence-corrected chi connectivity index (χ0v) is 17.5. The number of non-ortho nitro benzene ring substituents is 1. The molecular weight excluding hydrogens is 433 g/mol. The summed E-state index contributed by atoms with van der Waals surface area (Å²) in [4.78, 5) is 22.8. The van der Waals surface area contributed by atoms with Crippen LogP contribution >= 0.6 is 0 Å². The van der Waals surface area contributed by atoms with Crippen LogP contribution in [-0.4, -0.2) is 28.9 Å². The maximum absolute atomic E-state index is 13.2. The zero-order chi connectivity index (χ0) is 23.8. The summed E-state index contributed by atoms with van der Waals surface area (Å²) >= 11 is 0. The van der Waals surface area contributed by atoms with E-state index in [1.807, 2.05) is 0 Å². The minimum absolute atomic E-state index is 0.0239. The number of hydrogen-bond acceptors (Lipinski definition) is 7. The zero-order valence-electron chi connectivity index (χ0n) is 17.5. The molecule has 1 unspecified atom stereocenters. The number of nitro groups is 1. The fourth-order valence-electron chi connectivity index (χ4n) is 3.22. The number of hydrogen-bond donors (Lipinski definition) is 1. The van der Waals surface area contributed by atoms with E-state index < -0.39 is 34.0 Å². The molecule has 0 saturated heterocycles. The maximum atomic E-state index is 13.2. The highest BCUT2D eigenvalue weighted by Gasteiger charge is 2.33. The Morgan fingerprint density at radius 3 is 2.22 bits per heavy atom. The molecular formula is C20H19F3N4O5. The number of alkyl halides is 3. The van der Waals surface area contributed by atoms with Gasteiger partial charge in [-0.2, -0.15) is 18.3 Å². The van der Waals surface area contributed by atoms with Crippen LogP contribution in [0, 0.1) is 10.1 Å². The van der Waals surface area contributed by atoms with Gasteiger partial charge < -0.3 is 14.8 Å². The van der Waals surface area contributed by atoms with Crippen molar-refractivity contribution in [2.75, 3.05) is 19.5 Å².